The molecule has 4 aliphatic heterocycles. The number of fused-ring (bicyclic) bond motifs is 1. The molecule has 4 rings (SSSR count). The molecule has 6 atom stereocenters. The van der Waals surface area contributed by atoms with Gasteiger partial charge in [0.2, 0.25) is 17.7 Å². The van der Waals surface area contributed by atoms with Crippen molar-refractivity contribution in [2.75, 3.05) is 53.0 Å². The Labute approximate surface area is 189 Å². The molecule has 2 bridgehead atoms. The Kier molecular flexibility index (Phi) is 6.76. The molecule has 4 fully saturated rings. The lowest BCUT2D eigenvalue weighted by molar-refractivity contribution is -0.146. The Bertz CT molecular complexity index is 742. The molecule has 32 heavy (non-hydrogen) atoms. The summed E-state index contributed by atoms with van der Waals surface area (Å²) in [6, 6.07) is -1.38. The molecule has 10 heteroatoms. The minimum Gasteiger partial charge on any atom is -0.394 e. The van der Waals surface area contributed by atoms with Crippen molar-refractivity contribution in [2.45, 2.75) is 50.5 Å². The first-order chi connectivity index (χ1) is 15.4. The van der Waals surface area contributed by atoms with Gasteiger partial charge in [-0.05, 0) is 18.8 Å². The molecule has 0 aliphatic carbocycles. The van der Waals surface area contributed by atoms with Gasteiger partial charge >= 0.3 is 0 Å². The lowest BCUT2D eigenvalue weighted by Crippen LogP contribution is -2.59. The number of hydrogen-bond acceptors (Lipinski definition) is 7. The van der Waals surface area contributed by atoms with Gasteiger partial charge in [-0.2, -0.15) is 0 Å². The summed E-state index contributed by atoms with van der Waals surface area (Å²) in [4.78, 5) is 43.7. The number of nitrogens with zero attached hydrogens (tertiary/aromatic N) is 2. The smallest absolute Gasteiger partial charge is 0.245 e. The van der Waals surface area contributed by atoms with Gasteiger partial charge in [0, 0.05) is 33.2 Å². The van der Waals surface area contributed by atoms with E-state index in [9.17, 15) is 19.5 Å². The van der Waals surface area contributed by atoms with Crippen LogP contribution in [0.1, 0.15) is 26.7 Å². The van der Waals surface area contributed by atoms with Crippen LogP contribution >= 0.6 is 0 Å². The van der Waals surface area contributed by atoms with Crippen LogP contribution in [0.15, 0.2) is 0 Å². The van der Waals surface area contributed by atoms with Crippen molar-refractivity contribution in [1.82, 2.24) is 20.4 Å². The first-order valence-electron chi connectivity index (χ1n) is 11.8. The number of ether oxygens (including phenoxy) is 2. The predicted molar refractivity (Wildman–Crippen MR) is 114 cm³/mol. The van der Waals surface area contributed by atoms with Crippen LogP contribution in [0, 0.1) is 17.8 Å². The van der Waals surface area contributed by atoms with Crippen molar-refractivity contribution in [3.05, 3.63) is 0 Å². The second kappa shape index (κ2) is 9.24. The fraction of sp³-hybridized carbons (Fsp3) is 0.864. The van der Waals surface area contributed by atoms with E-state index >= 15 is 0 Å². The van der Waals surface area contributed by atoms with Crippen LogP contribution in [-0.4, -0.2) is 109 Å². The second-order valence-corrected chi connectivity index (χ2v) is 9.65. The fourth-order valence-corrected chi connectivity index (χ4v) is 6.09. The Morgan fingerprint density at radius 2 is 1.97 bits per heavy atom. The average Bonchev–Trinajstić information content (AvgIpc) is 3.42. The predicted octanol–water partition coefficient (Wildman–Crippen LogP) is -1.43. The van der Waals surface area contributed by atoms with Crippen molar-refractivity contribution in [1.29, 1.82) is 0 Å². The van der Waals surface area contributed by atoms with E-state index < -0.39 is 29.5 Å². The molecule has 0 aromatic heterocycles. The Balaban J connectivity index is 1.59. The van der Waals surface area contributed by atoms with E-state index in [-0.39, 0.29) is 36.4 Å². The van der Waals surface area contributed by atoms with Gasteiger partial charge in [-0.15, -0.1) is 0 Å². The zero-order valence-corrected chi connectivity index (χ0v) is 19.2. The van der Waals surface area contributed by atoms with E-state index in [1.165, 1.54) is 4.90 Å². The highest BCUT2D eigenvalue weighted by molar-refractivity contribution is 5.99. The number of amides is 3. The van der Waals surface area contributed by atoms with E-state index in [1.54, 1.807) is 7.05 Å². The van der Waals surface area contributed by atoms with Gasteiger partial charge < -0.3 is 30.1 Å². The summed E-state index contributed by atoms with van der Waals surface area (Å²) < 4.78 is 11.7. The van der Waals surface area contributed by atoms with Gasteiger partial charge in [-0.3, -0.25) is 19.3 Å². The van der Waals surface area contributed by atoms with Crippen LogP contribution in [0.3, 0.4) is 0 Å². The Morgan fingerprint density at radius 3 is 2.59 bits per heavy atom. The summed E-state index contributed by atoms with van der Waals surface area (Å²) >= 11 is 0. The van der Waals surface area contributed by atoms with E-state index in [0.29, 0.717) is 39.1 Å². The second-order valence-electron chi connectivity index (χ2n) is 9.65. The van der Waals surface area contributed by atoms with Gasteiger partial charge in [-0.1, -0.05) is 13.8 Å². The maximum Gasteiger partial charge on any atom is 0.245 e. The van der Waals surface area contributed by atoms with Crippen LogP contribution in [0.2, 0.25) is 0 Å². The summed E-state index contributed by atoms with van der Waals surface area (Å²) in [5.74, 6) is -2.13. The van der Waals surface area contributed by atoms with Crippen LogP contribution in [0.4, 0.5) is 0 Å². The molecule has 10 nitrogen and oxygen atoms in total. The number of aliphatic hydroxyl groups is 1. The maximum atomic E-state index is 13.7. The van der Waals surface area contributed by atoms with Crippen molar-refractivity contribution in [2.24, 2.45) is 17.8 Å². The highest BCUT2D eigenvalue weighted by Gasteiger charge is 2.75. The molecule has 0 radical (unpaired) electrons. The number of hydrogen-bond donors (Lipinski definition) is 3. The number of likely N-dealkylation sites (tertiary alicyclic amines) is 1. The fourth-order valence-electron chi connectivity index (χ4n) is 6.09. The minimum atomic E-state index is -1.02. The summed E-state index contributed by atoms with van der Waals surface area (Å²) in [6.07, 6.45) is 0.829. The monoisotopic (exact) mass is 452 g/mol. The van der Waals surface area contributed by atoms with E-state index in [0.717, 1.165) is 13.1 Å². The molecular weight excluding hydrogens is 416 g/mol. The van der Waals surface area contributed by atoms with Crippen molar-refractivity contribution in [3.63, 3.8) is 0 Å². The van der Waals surface area contributed by atoms with E-state index in [4.69, 9.17) is 9.47 Å². The molecule has 1 spiro atoms. The summed E-state index contributed by atoms with van der Waals surface area (Å²) in [7, 11) is 1.55. The third-order valence-corrected chi connectivity index (χ3v) is 7.68. The molecule has 2 unspecified atom stereocenters. The molecule has 4 heterocycles. The van der Waals surface area contributed by atoms with E-state index in [1.807, 2.05) is 13.8 Å². The highest BCUT2D eigenvalue weighted by Crippen LogP contribution is 2.58. The van der Waals surface area contributed by atoms with Gasteiger partial charge in [0.1, 0.15) is 11.6 Å². The molecule has 4 saturated heterocycles. The van der Waals surface area contributed by atoms with Crippen LogP contribution in [0.5, 0.6) is 0 Å². The van der Waals surface area contributed by atoms with Crippen LogP contribution < -0.4 is 10.6 Å². The normalized spacial score (nSPS) is 35.3. The third-order valence-electron chi connectivity index (χ3n) is 7.68. The first-order valence-corrected chi connectivity index (χ1v) is 11.8. The summed E-state index contributed by atoms with van der Waals surface area (Å²) in [5, 5.41) is 15.8. The molecule has 0 aromatic carbocycles. The minimum absolute atomic E-state index is 0.0570. The number of aliphatic hydroxyl groups excluding tert-OH is 1. The largest absolute Gasteiger partial charge is 0.394 e. The first kappa shape index (κ1) is 23.4. The number of morpholine rings is 1. The highest BCUT2D eigenvalue weighted by atomic mass is 16.5. The molecule has 3 amide bonds. The van der Waals surface area contributed by atoms with Crippen molar-refractivity contribution >= 4 is 17.7 Å². The maximum absolute atomic E-state index is 13.7. The number of carbonyl (C=O) groups excluding carboxylic acids is 3. The van der Waals surface area contributed by atoms with Crippen molar-refractivity contribution in [3.8, 4) is 0 Å². The van der Waals surface area contributed by atoms with Gasteiger partial charge in [0.25, 0.3) is 0 Å². The van der Waals surface area contributed by atoms with Crippen LogP contribution in [-0.2, 0) is 23.9 Å². The lowest BCUT2D eigenvalue weighted by atomic mass is 9.70. The van der Waals surface area contributed by atoms with Crippen molar-refractivity contribution < 1.29 is 29.0 Å². The molecule has 0 aromatic rings. The Morgan fingerprint density at radius 1 is 1.25 bits per heavy atom. The van der Waals surface area contributed by atoms with Crippen LogP contribution in [0.25, 0.3) is 0 Å². The third kappa shape index (κ3) is 3.70. The molecule has 4 aliphatic rings. The number of rotatable bonds is 8. The van der Waals surface area contributed by atoms with Gasteiger partial charge in [0.15, 0.2) is 0 Å². The summed E-state index contributed by atoms with van der Waals surface area (Å²) in [6.45, 7) is 7.76. The summed E-state index contributed by atoms with van der Waals surface area (Å²) in [5.41, 5.74) is -1.02. The molecule has 180 valence electrons. The van der Waals surface area contributed by atoms with Gasteiger partial charge in [0.05, 0.1) is 43.8 Å². The quantitative estimate of drug-likeness (QED) is 0.413. The Hall–Kier alpha value is -1.75. The number of carbonyl (C=O) groups is 3. The topological polar surface area (TPSA) is 120 Å². The SMILES string of the molecule is CNC(=O)[C@@H]1[C@@H]2CCC3(O2)C(C(=O)NCCN2CCOCC2)N([C@@H](CO)C(C)C)C(=O)[C@H]13. The molecule has 0 saturated carbocycles. The zero-order valence-electron chi connectivity index (χ0n) is 19.2. The van der Waals surface area contributed by atoms with Gasteiger partial charge in [-0.25, -0.2) is 0 Å². The van der Waals surface area contributed by atoms with E-state index in [2.05, 4.69) is 15.5 Å². The molecular formula is C22H36N4O6. The lowest BCUT2D eigenvalue weighted by Gasteiger charge is -2.38. The number of nitrogens with one attached hydrogen (secondary N) is 2. The molecule has 3 N–H and O–H groups in total. The average molecular weight is 453 g/mol. The zero-order chi connectivity index (χ0) is 23.0. The standard InChI is InChI=1S/C22H36N4O6/c1-13(2)14(12-27)26-18(20(29)24-6-7-25-8-10-31-11-9-25)22-5-4-15(32-22)16(19(28)23-3)17(22)21(26)30/h13-18,27H,4-12H2,1-3H3,(H,23,28)(H,24,29)/t14-,15-,16+,17-,18?,22?/m0/s1.